The molecule has 112 valence electrons. The molecule has 1 aliphatic rings. The van der Waals surface area contributed by atoms with E-state index in [1.165, 1.54) is 24.8 Å². The van der Waals surface area contributed by atoms with Crippen LogP contribution in [0.4, 0.5) is 0 Å². The predicted molar refractivity (Wildman–Crippen MR) is 90.2 cm³/mol. The molecular weight excluding hydrogens is 298 g/mol. The van der Waals surface area contributed by atoms with Crippen molar-refractivity contribution < 1.29 is 0 Å². The second-order valence-corrected chi connectivity index (χ2v) is 7.51. The number of piperidine rings is 1. The third-order valence-electron chi connectivity index (χ3n) is 4.09. The van der Waals surface area contributed by atoms with Crippen LogP contribution in [-0.4, -0.2) is 27.3 Å². The average molecular weight is 319 g/mol. The Kier molecular flexibility index (Phi) is 4.83. The third-order valence-corrected chi connectivity index (χ3v) is 5.31. The molecule has 1 saturated heterocycles. The Labute approximate surface area is 135 Å². The number of hydrogen-bond acceptors (Lipinski definition) is 4. The summed E-state index contributed by atoms with van der Waals surface area (Å²) in [6, 6.07) is 11.4. The highest BCUT2D eigenvalue weighted by Gasteiger charge is 2.23. The van der Waals surface area contributed by atoms with Crippen molar-refractivity contribution in [2.24, 2.45) is 0 Å². The molecule has 21 heavy (non-hydrogen) atoms. The lowest BCUT2D eigenvalue weighted by molar-refractivity contribution is 0.103. The van der Waals surface area contributed by atoms with Crippen LogP contribution in [0.5, 0.6) is 0 Å². The first kappa shape index (κ1) is 14.9. The van der Waals surface area contributed by atoms with Gasteiger partial charge < -0.3 is 0 Å². The number of hydrogen-bond donors (Lipinski definition) is 0. The van der Waals surface area contributed by atoms with Crippen LogP contribution in [-0.2, 0) is 13.1 Å². The highest BCUT2D eigenvalue weighted by atomic mass is 32.1. The first-order valence-electron chi connectivity index (χ1n) is 7.55. The fraction of sp³-hybridized carbons (Fsp3) is 0.500. The van der Waals surface area contributed by atoms with Gasteiger partial charge in [-0.2, -0.15) is 5.10 Å². The van der Waals surface area contributed by atoms with Gasteiger partial charge in [-0.1, -0.05) is 48.1 Å². The second kappa shape index (κ2) is 6.81. The number of nitrogens with zero attached hydrogens (tertiary/aromatic N) is 3. The van der Waals surface area contributed by atoms with Crippen LogP contribution in [0.1, 0.15) is 29.8 Å². The molecule has 1 unspecified atom stereocenters. The van der Waals surface area contributed by atoms with E-state index in [2.05, 4.69) is 40.3 Å². The van der Waals surface area contributed by atoms with Gasteiger partial charge in [0.1, 0.15) is 5.01 Å². The van der Waals surface area contributed by atoms with Crippen LogP contribution in [0, 0.1) is 10.9 Å². The molecule has 1 atom stereocenters. The zero-order valence-corrected chi connectivity index (χ0v) is 14.0. The van der Waals surface area contributed by atoms with E-state index < -0.39 is 0 Å². The molecule has 0 bridgehead atoms. The van der Waals surface area contributed by atoms with Gasteiger partial charge >= 0.3 is 0 Å². The van der Waals surface area contributed by atoms with Crippen molar-refractivity contribution in [2.75, 3.05) is 6.54 Å². The predicted octanol–water partition coefficient (Wildman–Crippen LogP) is 4.04. The molecule has 0 N–H and O–H groups in total. The Morgan fingerprint density at radius 1 is 1.29 bits per heavy atom. The zero-order chi connectivity index (χ0) is 14.7. The van der Waals surface area contributed by atoms with Gasteiger partial charge in [0, 0.05) is 12.6 Å². The first-order chi connectivity index (χ1) is 10.2. The summed E-state index contributed by atoms with van der Waals surface area (Å²) in [5.74, 6) is 0. The summed E-state index contributed by atoms with van der Waals surface area (Å²) >= 11 is 7.00. The SMILES string of the molecule is Cc1nn(CN2CCCCC2Cc2ccccc2)c(=S)s1. The normalized spacial score (nSPS) is 19.8. The lowest BCUT2D eigenvalue weighted by Crippen LogP contribution is -2.42. The van der Waals surface area contributed by atoms with Crippen molar-refractivity contribution in [3.05, 3.63) is 44.9 Å². The minimum absolute atomic E-state index is 0.602. The van der Waals surface area contributed by atoms with E-state index in [0.29, 0.717) is 6.04 Å². The average Bonchev–Trinajstić information content (AvgIpc) is 2.80. The van der Waals surface area contributed by atoms with Gasteiger partial charge in [0.05, 0.1) is 6.67 Å². The molecule has 1 aliphatic heterocycles. The number of aromatic nitrogens is 2. The van der Waals surface area contributed by atoms with E-state index in [4.69, 9.17) is 12.2 Å². The third kappa shape index (κ3) is 3.78. The molecule has 5 heteroatoms. The maximum absolute atomic E-state index is 5.40. The molecule has 0 saturated carbocycles. The number of rotatable bonds is 4. The highest BCUT2D eigenvalue weighted by molar-refractivity contribution is 7.73. The Morgan fingerprint density at radius 2 is 2.10 bits per heavy atom. The summed E-state index contributed by atoms with van der Waals surface area (Å²) in [6.45, 7) is 4.01. The topological polar surface area (TPSA) is 21.1 Å². The Hall–Kier alpha value is -1.04. The maximum Gasteiger partial charge on any atom is 0.180 e. The molecule has 3 rings (SSSR count). The van der Waals surface area contributed by atoms with Gasteiger partial charge in [-0.15, -0.1) is 0 Å². The van der Waals surface area contributed by atoms with Gasteiger partial charge in [-0.3, -0.25) is 4.90 Å². The Balaban J connectivity index is 1.72. The largest absolute Gasteiger partial charge is 0.281 e. The van der Waals surface area contributed by atoms with E-state index >= 15 is 0 Å². The molecule has 2 heterocycles. The van der Waals surface area contributed by atoms with Gasteiger partial charge in [-0.05, 0) is 44.0 Å². The number of benzene rings is 1. The summed E-state index contributed by atoms with van der Waals surface area (Å²) in [7, 11) is 0. The van der Waals surface area contributed by atoms with Crippen molar-refractivity contribution in [3.8, 4) is 0 Å². The van der Waals surface area contributed by atoms with Gasteiger partial charge in [0.2, 0.25) is 0 Å². The molecule has 3 nitrogen and oxygen atoms in total. The fourth-order valence-electron chi connectivity index (χ4n) is 3.04. The monoisotopic (exact) mass is 319 g/mol. The summed E-state index contributed by atoms with van der Waals surface area (Å²) in [4.78, 5) is 2.55. The van der Waals surface area contributed by atoms with Crippen LogP contribution in [0.2, 0.25) is 0 Å². The smallest absolute Gasteiger partial charge is 0.180 e. The van der Waals surface area contributed by atoms with Gasteiger partial charge in [0.25, 0.3) is 0 Å². The van der Waals surface area contributed by atoms with Crippen LogP contribution in [0.3, 0.4) is 0 Å². The first-order valence-corrected chi connectivity index (χ1v) is 8.77. The maximum atomic E-state index is 5.40. The molecule has 0 spiro atoms. The minimum Gasteiger partial charge on any atom is -0.281 e. The van der Waals surface area contributed by atoms with E-state index in [1.807, 2.05) is 11.6 Å². The minimum atomic E-state index is 0.602. The lowest BCUT2D eigenvalue weighted by Gasteiger charge is -2.35. The molecule has 1 fully saturated rings. The van der Waals surface area contributed by atoms with Crippen LogP contribution in [0.15, 0.2) is 30.3 Å². The van der Waals surface area contributed by atoms with Crippen molar-refractivity contribution in [1.82, 2.24) is 14.7 Å². The lowest BCUT2D eigenvalue weighted by atomic mass is 9.96. The molecule has 1 aromatic carbocycles. The second-order valence-electron chi connectivity index (χ2n) is 5.68. The number of aryl methyl sites for hydroxylation is 1. The standard InChI is InChI=1S/C16H21N3S2/c1-13-17-19(16(20)21-13)12-18-10-6-5-9-15(18)11-14-7-3-2-4-8-14/h2-4,7-8,15H,5-6,9-12H2,1H3. The van der Waals surface area contributed by atoms with Crippen molar-refractivity contribution in [3.63, 3.8) is 0 Å². The summed E-state index contributed by atoms with van der Waals surface area (Å²) < 4.78 is 2.87. The van der Waals surface area contributed by atoms with Crippen molar-refractivity contribution >= 4 is 23.6 Å². The zero-order valence-electron chi connectivity index (χ0n) is 12.4. The number of likely N-dealkylation sites (tertiary alicyclic amines) is 1. The van der Waals surface area contributed by atoms with Crippen LogP contribution >= 0.6 is 23.6 Å². The van der Waals surface area contributed by atoms with E-state index in [0.717, 1.165) is 28.6 Å². The van der Waals surface area contributed by atoms with Gasteiger partial charge in [0.15, 0.2) is 3.95 Å². The van der Waals surface area contributed by atoms with Crippen molar-refractivity contribution in [2.45, 2.75) is 45.3 Å². The molecule has 1 aromatic heterocycles. The van der Waals surface area contributed by atoms with Crippen LogP contribution < -0.4 is 0 Å². The van der Waals surface area contributed by atoms with E-state index in [-0.39, 0.29) is 0 Å². The highest BCUT2D eigenvalue weighted by Crippen LogP contribution is 2.22. The van der Waals surface area contributed by atoms with E-state index in [1.54, 1.807) is 11.3 Å². The molecule has 2 aromatic rings. The fourth-order valence-corrected chi connectivity index (χ4v) is 4.09. The van der Waals surface area contributed by atoms with Crippen LogP contribution in [0.25, 0.3) is 0 Å². The van der Waals surface area contributed by atoms with E-state index in [9.17, 15) is 0 Å². The molecule has 0 aliphatic carbocycles. The quantitative estimate of drug-likeness (QED) is 0.794. The molecule has 0 amide bonds. The molecule has 0 radical (unpaired) electrons. The molecular formula is C16H21N3S2. The Morgan fingerprint density at radius 3 is 2.81 bits per heavy atom. The summed E-state index contributed by atoms with van der Waals surface area (Å²) in [5, 5.41) is 5.59. The van der Waals surface area contributed by atoms with Gasteiger partial charge in [-0.25, -0.2) is 4.68 Å². The summed E-state index contributed by atoms with van der Waals surface area (Å²) in [5.41, 5.74) is 1.42. The Bertz CT molecular complexity index is 632. The van der Waals surface area contributed by atoms with Crippen molar-refractivity contribution in [1.29, 1.82) is 0 Å². The summed E-state index contributed by atoms with van der Waals surface area (Å²) in [6.07, 6.45) is 5.00.